The summed E-state index contributed by atoms with van der Waals surface area (Å²) < 4.78 is 6.75. The van der Waals surface area contributed by atoms with E-state index in [4.69, 9.17) is 4.74 Å². The lowest BCUT2D eigenvalue weighted by Gasteiger charge is -2.05. The van der Waals surface area contributed by atoms with Crippen LogP contribution in [0.4, 0.5) is 0 Å². The molecule has 0 unspecified atom stereocenters. The van der Waals surface area contributed by atoms with Crippen molar-refractivity contribution in [2.24, 2.45) is 11.8 Å². The van der Waals surface area contributed by atoms with Crippen molar-refractivity contribution in [2.45, 2.75) is 32.3 Å². The summed E-state index contributed by atoms with van der Waals surface area (Å²) in [7, 11) is 0. The molecule has 0 N–H and O–H groups in total. The molecule has 2 aliphatic rings. The van der Waals surface area contributed by atoms with E-state index in [1.807, 2.05) is 0 Å². The Morgan fingerprint density at radius 3 is 2.77 bits per heavy atom. The van der Waals surface area contributed by atoms with Crippen molar-refractivity contribution in [3.05, 3.63) is 45.3 Å². The molecule has 0 saturated heterocycles. The Kier molecular flexibility index (Phi) is 3.33. The summed E-state index contributed by atoms with van der Waals surface area (Å²) in [5, 5.41) is 1.81. The van der Waals surface area contributed by atoms with Crippen molar-refractivity contribution < 1.29 is 9.53 Å². The van der Waals surface area contributed by atoms with E-state index in [0.717, 1.165) is 0 Å². The van der Waals surface area contributed by atoms with Gasteiger partial charge in [-0.1, -0.05) is 5.57 Å². The summed E-state index contributed by atoms with van der Waals surface area (Å²) in [5.74, 6) is 0.887. The van der Waals surface area contributed by atoms with Crippen LogP contribution in [0.2, 0.25) is 0 Å². The van der Waals surface area contributed by atoms with Crippen LogP contribution in [0.25, 0.3) is 4.96 Å². The Morgan fingerprint density at radius 1 is 1.36 bits per heavy atom. The van der Waals surface area contributed by atoms with Crippen LogP contribution in [0.15, 0.2) is 34.1 Å². The molecule has 2 fully saturated rings. The number of carbonyl (C=O) groups excluding carboxylic acids is 1. The van der Waals surface area contributed by atoms with Gasteiger partial charge in [0.1, 0.15) is 6.61 Å². The van der Waals surface area contributed by atoms with E-state index in [0.29, 0.717) is 22.5 Å². The number of hydrogen-bond acceptors (Lipinski definition) is 5. The highest BCUT2D eigenvalue weighted by Gasteiger charge is 2.36. The third-order valence-electron chi connectivity index (χ3n) is 4.10. The quantitative estimate of drug-likeness (QED) is 0.628. The number of thiazole rings is 1. The van der Waals surface area contributed by atoms with Gasteiger partial charge in [0.15, 0.2) is 4.96 Å². The minimum Gasteiger partial charge on any atom is -0.456 e. The molecule has 0 spiro atoms. The van der Waals surface area contributed by atoms with Crippen molar-refractivity contribution >= 4 is 22.3 Å². The highest BCUT2D eigenvalue weighted by atomic mass is 32.1. The Hall–Kier alpha value is -1.95. The van der Waals surface area contributed by atoms with Crippen molar-refractivity contribution in [2.75, 3.05) is 0 Å². The van der Waals surface area contributed by atoms with Gasteiger partial charge in [-0.05, 0) is 37.5 Å². The highest BCUT2D eigenvalue weighted by molar-refractivity contribution is 7.15. The first-order valence-electron chi connectivity index (χ1n) is 7.55. The molecule has 0 amide bonds. The standard InChI is InChI=1S/C16H16N2O3S/c19-14-7-12(17-16-18(14)5-6-22-16)9-21-15(20)8-13(10-1-2-10)11-3-4-11/h5-8,10-11H,1-4,9H2. The van der Waals surface area contributed by atoms with Crippen LogP contribution in [-0.4, -0.2) is 15.4 Å². The highest BCUT2D eigenvalue weighted by Crippen LogP contribution is 2.48. The van der Waals surface area contributed by atoms with E-state index in [1.165, 1.54) is 53.1 Å². The van der Waals surface area contributed by atoms with E-state index in [9.17, 15) is 9.59 Å². The maximum atomic E-state index is 12.0. The molecule has 2 saturated carbocycles. The summed E-state index contributed by atoms with van der Waals surface area (Å²) >= 11 is 1.38. The van der Waals surface area contributed by atoms with Crippen LogP contribution in [-0.2, 0) is 16.1 Å². The second kappa shape index (κ2) is 5.35. The van der Waals surface area contributed by atoms with Gasteiger partial charge in [0.2, 0.25) is 0 Å². The lowest BCUT2D eigenvalue weighted by atomic mass is 10.1. The van der Waals surface area contributed by atoms with Crippen LogP contribution in [0.3, 0.4) is 0 Å². The van der Waals surface area contributed by atoms with E-state index in [2.05, 4.69) is 4.98 Å². The molecule has 114 valence electrons. The number of fused-ring (bicyclic) bond motifs is 1. The van der Waals surface area contributed by atoms with Gasteiger partial charge in [0, 0.05) is 23.7 Å². The van der Waals surface area contributed by atoms with Crippen molar-refractivity contribution in [1.82, 2.24) is 9.38 Å². The zero-order valence-corrected chi connectivity index (χ0v) is 12.8. The molecule has 22 heavy (non-hydrogen) atoms. The minimum atomic E-state index is -0.318. The number of ether oxygens (including phenoxy) is 1. The van der Waals surface area contributed by atoms with Crippen LogP contribution >= 0.6 is 11.3 Å². The Labute approximate surface area is 131 Å². The number of esters is 1. The number of hydrogen-bond donors (Lipinski definition) is 0. The van der Waals surface area contributed by atoms with Gasteiger partial charge >= 0.3 is 5.97 Å². The number of rotatable bonds is 5. The second-order valence-corrected chi connectivity index (χ2v) is 6.81. The van der Waals surface area contributed by atoms with Gasteiger partial charge in [-0.3, -0.25) is 9.20 Å². The third kappa shape index (κ3) is 2.83. The number of allylic oxidation sites excluding steroid dienone is 1. The lowest BCUT2D eigenvalue weighted by Crippen LogP contribution is -2.14. The Balaban J connectivity index is 1.45. The lowest BCUT2D eigenvalue weighted by molar-refractivity contribution is -0.139. The van der Waals surface area contributed by atoms with Gasteiger partial charge < -0.3 is 4.74 Å². The summed E-state index contributed by atoms with van der Waals surface area (Å²) in [4.78, 5) is 28.8. The molecule has 4 rings (SSSR count). The maximum Gasteiger partial charge on any atom is 0.331 e. The number of carbonyl (C=O) groups is 1. The molecule has 0 aromatic carbocycles. The minimum absolute atomic E-state index is 0.0432. The SMILES string of the molecule is O=C(C=C(C1CC1)C1CC1)OCc1cc(=O)n2ccsc2n1. The van der Waals surface area contributed by atoms with Gasteiger partial charge in [0.25, 0.3) is 5.56 Å². The van der Waals surface area contributed by atoms with Crippen LogP contribution in [0.1, 0.15) is 31.4 Å². The van der Waals surface area contributed by atoms with Gasteiger partial charge in [-0.15, -0.1) is 11.3 Å². The van der Waals surface area contributed by atoms with Crippen LogP contribution in [0.5, 0.6) is 0 Å². The molecule has 6 heteroatoms. The largest absolute Gasteiger partial charge is 0.456 e. The van der Waals surface area contributed by atoms with E-state index in [-0.39, 0.29) is 18.1 Å². The Bertz CT molecular complexity index is 798. The average Bonchev–Trinajstić information content (AvgIpc) is 3.41. The summed E-state index contributed by atoms with van der Waals surface area (Å²) in [6.07, 6.45) is 8.15. The third-order valence-corrected chi connectivity index (χ3v) is 4.86. The van der Waals surface area contributed by atoms with E-state index < -0.39 is 0 Å². The first-order valence-corrected chi connectivity index (χ1v) is 8.43. The molecule has 0 aliphatic heterocycles. The second-order valence-electron chi connectivity index (χ2n) is 5.94. The molecule has 5 nitrogen and oxygen atoms in total. The topological polar surface area (TPSA) is 60.7 Å². The van der Waals surface area contributed by atoms with Crippen molar-refractivity contribution in [1.29, 1.82) is 0 Å². The van der Waals surface area contributed by atoms with Gasteiger partial charge in [0.05, 0.1) is 5.69 Å². The van der Waals surface area contributed by atoms with Crippen molar-refractivity contribution in [3.63, 3.8) is 0 Å². The molecule has 0 atom stereocenters. The summed E-state index contributed by atoms with van der Waals surface area (Å²) in [6.45, 7) is 0.0432. The fraction of sp³-hybridized carbons (Fsp3) is 0.438. The molecule has 0 bridgehead atoms. The first kappa shape index (κ1) is 13.7. The fourth-order valence-corrected chi connectivity index (χ4v) is 3.43. The Morgan fingerprint density at radius 2 is 2.09 bits per heavy atom. The monoisotopic (exact) mass is 316 g/mol. The fourth-order valence-electron chi connectivity index (χ4n) is 2.69. The van der Waals surface area contributed by atoms with E-state index in [1.54, 1.807) is 17.7 Å². The summed E-state index contributed by atoms with van der Waals surface area (Å²) in [5.41, 5.74) is 1.62. The average molecular weight is 316 g/mol. The van der Waals surface area contributed by atoms with Gasteiger partial charge in [-0.2, -0.15) is 0 Å². The number of aromatic nitrogens is 2. The molecular weight excluding hydrogens is 300 g/mol. The molecular formula is C16H16N2O3S. The number of nitrogens with zero attached hydrogens (tertiary/aromatic N) is 2. The van der Waals surface area contributed by atoms with Gasteiger partial charge in [-0.25, -0.2) is 9.78 Å². The van der Waals surface area contributed by atoms with Crippen LogP contribution in [0, 0.1) is 11.8 Å². The predicted molar refractivity (Wildman–Crippen MR) is 82.7 cm³/mol. The van der Waals surface area contributed by atoms with Crippen molar-refractivity contribution in [3.8, 4) is 0 Å². The van der Waals surface area contributed by atoms with E-state index >= 15 is 0 Å². The normalized spacial score (nSPS) is 17.5. The summed E-state index contributed by atoms with van der Waals surface area (Å²) in [6, 6.07) is 1.42. The molecule has 2 aromatic rings. The molecule has 2 aromatic heterocycles. The zero-order valence-electron chi connectivity index (χ0n) is 12.0. The molecule has 0 radical (unpaired) electrons. The zero-order chi connectivity index (χ0) is 15.1. The van der Waals surface area contributed by atoms with Crippen LogP contribution < -0.4 is 5.56 Å². The molecule has 2 aliphatic carbocycles. The first-order chi connectivity index (χ1) is 10.7. The smallest absolute Gasteiger partial charge is 0.331 e. The molecule has 2 heterocycles. The maximum absolute atomic E-state index is 12.0. The predicted octanol–water partition coefficient (Wildman–Crippen LogP) is 2.55.